The molecule has 1 saturated heterocycles. The van der Waals surface area contributed by atoms with Gasteiger partial charge in [-0.1, -0.05) is 6.92 Å². The van der Waals surface area contributed by atoms with Crippen molar-refractivity contribution in [1.29, 1.82) is 0 Å². The van der Waals surface area contributed by atoms with Crippen LogP contribution in [0.3, 0.4) is 0 Å². The molecule has 0 spiro atoms. The molecule has 1 aromatic heterocycles. The van der Waals surface area contributed by atoms with Gasteiger partial charge in [0.1, 0.15) is 5.78 Å². The number of aromatic nitrogens is 2. The highest BCUT2D eigenvalue weighted by Crippen LogP contribution is 2.24. The Hall–Kier alpha value is -0.680. The lowest BCUT2D eigenvalue weighted by Gasteiger charge is -2.30. The van der Waals surface area contributed by atoms with Gasteiger partial charge in [0.05, 0.1) is 15.9 Å². The van der Waals surface area contributed by atoms with Gasteiger partial charge in [-0.05, 0) is 29.8 Å². The zero-order valence-electron chi connectivity index (χ0n) is 11.2. The fourth-order valence-corrected chi connectivity index (χ4v) is 2.88. The van der Waals surface area contributed by atoms with Gasteiger partial charge in [0.25, 0.3) is 0 Å². The third-order valence-electron chi connectivity index (χ3n) is 3.58. The van der Waals surface area contributed by atoms with E-state index < -0.39 is 0 Å². The Labute approximate surface area is 116 Å². The molecule has 1 atom stereocenters. The summed E-state index contributed by atoms with van der Waals surface area (Å²) in [7, 11) is 0. The number of carbonyl (C=O) groups is 1. The lowest BCUT2D eigenvalue weighted by Crippen LogP contribution is -2.39. The second kappa shape index (κ2) is 5.53. The number of likely N-dealkylation sites (tertiary alicyclic amines) is 1. The maximum absolute atomic E-state index is 11.5. The van der Waals surface area contributed by atoms with Crippen LogP contribution < -0.4 is 0 Å². The Morgan fingerprint density at radius 2 is 2.22 bits per heavy atom. The molecule has 0 aliphatic carbocycles. The van der Waals surface area contributed by atoms with Gasteiger partial charge in [-0.2, -0.15) is 5.10 Å². The van der Waals surface area contributed by atoms with Crippen molar-refractivity contribution in [3.63, 3.8) is 0 Å². The van der Waals surface area contributed by atoms with Crippen molar-refractivity contribution in [3.05, 3.63) is 15.9 Å². The minimum atomic E-state index is 0.164. The number of halogens is 1. The van der Waals surface area contributed by atoms with Crippen LogP contribution in [-0.4, -0.2) is 33.6 Å². The van der Waals surface area contributed by atoms with E-state index in [2.05, 4.69) is 32.9 Å². The van der Waals surface area contributed by atoms with Gasteiger partial charge in [0.15, 0.2) is 0 Å². The van der Waals surface area contributed by atoms with E-state index in [1.54, 1.807) is 0 Å². The number of rotatable bonds is 3. The van der Waals surface area contributed by atoms with Gasteiger partial charge in [-0.15, -0.1) is 0 Å². The summed E-state index contributed by atoms with van der Waals surface area (Å²) in [5.74, 6) is 0.558. The Kier molecular flexibility index (Phi) is 4.22. The highest BCUT2D eigenvalue weighted by molar-refractivity contribution is 9.10. The molecule has 2 heterocycles. The van der Waals surface area contributed by atoms with Crippen LogP contribution in [0.1, 0.15) is 31.7 Å². The molecule has 4 nitrogen and oxygen atoms in total. The number of ketones is 1. The van der Waals surface area contributed by atoms with Crippen LogP contribution in [0.15, 0.2) is 4.47 Å². The van der Waals surface area contributed by atoms with Crippen LogP contribution >= 0.6 is 15.9 Å². The standard InChI is InChI=1S/C13H20BrN3O/c1-4-17-11(13(14)10(3)15-17)8-16-6-5-12(18)9(2)7-16/h9H,4-8H2,1-3H3. The highest BCUT2D eigenvalue weighted by Gasteiger charge is 2.25. The van der Waals surface area contributed by atoms with Gasteiger partial charge in [0.2, 0.25) is 0 Å². The summed E-state index contributed by atoms with van der Waals surface area (Å²) in [5, 5.41) is 4.50. The van der Waals surface area contributed by atoms with Crippen molar-refractivity contribution in [2.24, 2.45) is 5.92 Å². The highest BCUT2D eigenvalue weighted by atomic mass is 79.9. The number of nitrogens with zero attached hydrogens (tertiary/aromatic N) is 3. The molecule has 5 heteroatoms. The molecular formula is C13H20BrN3O. The summed E-state index contributed by atoms with van der Waals surface area (Å²) in [6, 6.07) is 0. The molecule has 0 N–H and O–H groups in total. The van der Waals surface area contributed by atoms with E-state index in [0.717, 1.165) is 36.3 Å². The van der Waals surface area contributed by atoms with E-state index in [1.807, 2.05) is 18.5 Å². The first kappa shape index (κ1) is 13.7. The average Bonchev–Trinajstić information content (AvgIpc) is 2.61. The van der Waals surface area contributed by atoms with E-state index in [1.165, 1.54) is 5.69 Å². The van der Waals surface area contributed by atoms with Gasteiger partial charge in [-0.25, -0.2) is 0 Å². The summed E-state index contributed by atoms with van der Waals surface area (Å²) in [6.45, 7) is 9.61. The van der Waals surface area contributed by atoms with Crippen molar-refractivity contribution in [2.45, 2.75) is 40.3 Å². The smallest absolute Gasteiger partial charge is 0.138 e. The molecule has 0 bridgehead atoms. The first-order chi connectivity index (χ1) is 8.52. The second-order valence-corrected chi connectivity index (χ2v) is 5.81. The van der Waals surface area contributed by atoms with E-state index in [4.69, 9.17) is 0 Å². The minimum absolute atomic E-state index is 0.164. The lowest BCUT2D eigenvalue weighted by atomic mass is 9.98. The predicted octanol–water partition coefficient (Wildman–Crippen LogP) is 2.38. The molecule has 0 aromatic carbocycles. The molecule has 100 valence electrons. The van der Waals surface area contributed by atoms with Crippen LogP contribution in [-0.2, 0) is 17.9 Å². The molecule has 1 aliphatic rings. The zero-order valence-corrected chi connectivity index (χ0v) is 12.8. The first-order valence-electron chi connectivity index (χ1n) is 6.49. The van der Waals surface area contributed by atoms with Gasteiger partial charge in [0, 0.05) is 38.5 Å². The normalized spacial score (nSPS) is 21.6. The molecule has 0 radical (unpaired) electrons. The molecule has 2 rings (SSSR count). The predicted molar refractivity (Wildman–Crippen MR) is 74.4 cm³/mol. The van der Waals surface area contributed by atoms with Crippen molar-refractivity contribution >= 4 is 21.7 Å². The number of piperidine rings is 1. The molecule has 0 saturated carbocycles. The van der Waals surface area contributed by atoms with Crippen molar-refractivity contribution in [2.75, 3.05) is 13.1 Å². The zero-order chi connectivity index (χ0) is 13.3. The molecule has 18 heavy (non-hydrogen) atoms. The fourth-order valence-electron chi connectivity index (χ4n) is 2.47. The van der Waals surface area contributed by atoms with E-state index in [-0.39, 0.29) is 5.92 Å². The van der Waals surface area contributed by atoms with Gasteiger partial charge < -0.3 is 0 Å². The number of hydrogen-bond donors (Lipinski definition) is 0. The largest absolute Gasteiger partial charge is 0.299 e. The molecule has 1 aromatic rings. The molecule has 1 fully saturated rings. The average molecular weight is 314 g/mol. The number of aryl methyl sites for hydroxylation is 2. The summed E-state index contributed by atoms with van der Waals surface area (Å²) < 4.78 is 3.15. The van der Waals surface area contributed by atoms with Crippen molar-refractivity contribution < 1.29 is 4.79 Å². The van der Waals surface area contributed by atoms with Crippen LogP contribution in [0.25, 0.3) is 0 Å². The second-order valence-electron chi connectivity index (χ2n) is 5.01. The third-order valence-corrected chi connectivity index (χ3v) is 4.61. The van der Waals surface area contributed by atoms with E-state index >= 15 is 0 Å². The van der Waals surface area contributed by atoms with Gasteiger partial charge >= 0.3 is 0 Å². The minimum Gasteiger partial charge on any atom is -0.299 e. The Bertz CT molecular complexity index is 455. The third kappa shape index (κ3) is 2.67. The monoisotopic (exact) mass is 313 g/mol. The summed E-state index contributed by atoms with van der Waals surface area (Å²) in [4.78, 5) is 13.9. The van der Waals surface area contributed by atoms with E-state index in [9.17, 15) is 4.79 Å². The fraction of sp³-hybridized carbons (Fsp3) is 0.692. The maximum Gasteiger partial charge on any atom is 0.138 e. The summed E-state index contributed by atoms with van der Waals surface area (Å²) in [6.07, 6.45) is 0.679. The quantitative estimate of drug-likeness (QED) is 0.860. The van der Waals surface area contributed by atoms with Crippen molar-refractivity contribution in [3.8, 4) is 0 Å². The lowest BCUT2D eigenvalue weighted by molar-refractivity contribution is -0.125. The number of Topliss-reactive ketones (excluding diaryl/α,β-unsaturated/α-hetero) is 1. The summed E-state index contributed by atoms with van der Waals surface area (Å²) in [5.41, 5.74) is 2.25. The van der Waals surface area contributed by atoms with Crippen molar-refractivity contribution in [1.82, 2.24) is 14.7 Å². The van der Waals surface area contributed by atoms with E-state index in [0.29, 0.717) is 12.2 Å². The Morgan fingerprint density at radius 1 is 1.50 bits per heavy atom. The first-order valence-corrected chi connectivity index (χ1v) is 7.29. The summed E-state index contributed by atoms with van der Waals surface area (Å²) >= 11 is 3.62. The topological polar surface area (TPSA) is 38.1 Å². The molecule has 1 aliphatic heterocycles. The molecule has 1 unspecified atom stereocenters. The van der Waals surface area contributed by atoms with Crippen LogP contribution in [0.5, 0.6) is 0 Å². The number of hydrogen-bond acceptors (Lipinski definition) is 3. The number of carbonyl (C=O) groups excluding carboxylic acids is 1. The Balaban J connectivity index is 2.12. The molecular weight excluding hydrogens is 294 g/mol. The van der Waals surface area contributed by atoms with Gasteiger partial charge in [-0.3, -0.25) is 14.4 Å². The van der Waals surface area contributed by atoms with Crippen LogP contribution in [0.2, 0.25) is 0 Å². The molecule has 0 amide bonds. The SMILES string of the molecule is CCn1nc(C)c(Br)c1CN1CCC(=O)C(C)C1. The maximum atomic E-state index is 11.5. The Morgan fingerprint density at radius 3 is 2.83 bits per heavy atom. The van der Waals surface area contributed by atoms with Crippen LogP contribution in [0.4, 0.5) is 0 Å². The van der Waals surface area contributed by atoms with Crippen LogP contribution in [0, 0.1) is 12.8 Å².